The number of hydrogen-bond donors (Lipinski definition) is 3. The highest BCUT2D eigenvalue weighted by molar-refractivity contribution is 5.90. The van der Waals surface area contributed by atoms with Crippen LogP contribution in [0.15, 0.2) is 24.3 Å². The molecule has 0 aliphatic heterocycles. The van der Waals surface area contributed by atoms with Gasteiger partial charge < -0.3 is 20.6 Å². The third-order valence-corrected chi connectivity index (χ3v) is 4.98. The molecule has 0 unspecified atom stereocenters. The largest absolute Gasteiger partial charge is 0.391 e. The molecule has 144 valence electrons. The number of hydrogen-bond acceptors (Lipinski definition) is 3. The van der Waals surface area contributed by atoms with E-state index in [1.54, 1.807) is 11.9 Å². The maximum Gasteiger partial charge on any atom is 0.322 e. The van der Waals surface area contributed by atoms with Crippen LogP contribution in [-0.2, 0) is 11.2 Å². The summed E-state index contributed by atoms with van der Waals surface area (Å²) in [5, 5.41) is 16.0. The van der Waals surface area contributed by atoms with Gasteiger partial charge in [0.2, 0.25) is 5.91 Å². The zero-order valence-electron chi connectivity index (χ0n) is 15.8. The minimum atomic E-state index is -0.454. The molecule has 26 heavy (non-hydrogen) atoms. The van der Waals surface area contributed by atoms with E-state index < -0.39 is 6.10 Å². The number of benzene rings is 1. The second-order valence-electron chi connectivity index (χ2n) is 6.87. The summed E-state index contributed by atoms with van der Waals surface area (Å²) in [5.74, 6) is -0.0240. The molecule has 0 radical (unpaired) electrons. The van der Waals surface area contributed by atoms with Gasteiger partial charge in [-0.2, -0.15) is 0 Å². The quantitative estimate of drug-likeness (QED) is 0.698. The molecule has 0 saturated heterocycles. The van der Waals surface area contributed by atoms with Gasteiger partial charge in [-0.25, -0.2) is 4.79 Å². The van der Waals surface area contributed by atoms with E-state index in [2.05, 4.69) is 10.6 Å². The van der Waals surface area contributed by atoms with Crippen LogP contribution in [0, 0.1) is 0 Å². The average molecular weight is 361 g/mol. The van der Waals surface area contributed by atoms with Gasteiger partial charge >= 0.3 is 6.03 Å². The molecule has 0 aromatic heterocycles. The molecule has 3 amide bonds. The zero-order chi connectivity index (χ0) is 18.9. The van der Waals surface area contributed by atoms with Crippen LogP contribution in [0.4, 0.5) is 10.5 Å². The minimum Gasteiger partial charge on any atom is -0.391 e. The number of nitrogens with zero attached hydrogens (tertiary/aromatic N) is 1. The first-order valence-corrected chi connectivity index (χ1v) is 9.61. The minimum absolute atomic E-state index is 0.0240. The Bertz CT molecular complexity index is 606. The Balaban J connectivity index is 2.09. The third-order valence-electron chi connectivity index (χ3n) is 4.98. The predicted molar refractivity (Wildman–Crippen MR) is 103 cm³/mol. The Morgan fingerprint density at radius 2 is 1.96 bits per heavy atom. The Hall–Kier alpha value is -2.08. The fourth-order valence-electron chi connectivity index (χ4n) is 3.53. The molecule has 2 rings (SSSR count). The van der Waals surface area contributed by atoms with Crippen molar-refractivity contribution in [3.8, 4) is 0 Å². The molecule has 1 aliphatic carbocycles. The Morgan fingerprint density at radius 1 is 1.23 bits per heavy atom. The van der Waals surface area contributed by atoms with Gasteiger partial charge in [0.15, 0.2) is 0 Å². The van der Waals surface area contributed by atoms with Crippen molar-refractivity contribution >= 4 is 17.6 Å². The molecule has 0 heterocycles. The molecular formula is C20H31N3O3. The smallest absolute Gasteiger partial charge is 0.322 e. The maximum atomic E-state index is 12.9. The molecule has 1 aromatic rings. The lowest BCUT2D eigenvalue weighted by molar-refractivity contribution is -0.120. The van der Waals surface area contributed by atoms with Crippen molar-refractivity contribution in [3.63, 3.8) is 0 Å². The van der Waals surface area contributed by atoms with E-state index in [0.29, 0.717) is 19.4 Å². The van der Waals surface area contributed by atoms with Crippen LogP contribution in [0.2, 0.25) is 0 Å². The first kappa shape index (κ1) is 20.2. The van der Waals surface area contributed by atoms with Crippen molar-refractivity contribution in [3.05, 3.63) is 29.8 Å². The van der Waals surface area contributed by atoms with Crippen LogP contribution in [-0.4, -0.2) is 47.7 Å². The summed E-state index contributed by atoms with van der Waals surface area (Å²) >= 11 is 0. The normalized spacial score (nSPS) is 19.7. The fourth-order valence-corrected chi connectivity index (χ4v) is 3.53. The van der Waals surface area contributed by atoms with Gasteiger partial charge in [-0.3, -0.25) is 4.79 Å². The molecule has 2 atom stereocenters. The number of aliphatic hydroxyl groups is 1. The van der Waals surface area contributed by atoms with Gasteiger partial charge in [0.1, 0.15) is 0 Å². The van der Waals surface area contributed by atoms with Crippen molar-refractivity contribution < 1.29 is 14.7 Å². The standard InChI is InChI=1S/C20H31N3O3/c1-3-14-23(17-10-6-7-11-18(17)24)20(26)22-16-9-5-4-8-15(16)12-13-19(25)21-2/h4-5,8-9,17-18,24H,3,6-7,10-14H2,1-2H3,(H,21,25)(H,22,26)/t17-,18-/m1/s1. The number of para-hydroxylation sites is 1. The maximum absolute atomic E-state index is 12.9. The number of nitrogens with one attached hydrogen (secondary N) is 2. The van der Waals surface area contributed by atoms with Crippen molar-refractivity contribution in [2.24, 2.45) is 0 Å². The van der Waals surface area contributed by atoms with E-state index in [-0.39, 0.29) is 18.0 Å². The molecule has 6 nitrogen and oxygen atoms in total. The Kier molecular flexibility index (Phi) is 7.91. The van der Waals surface area contributed by atoms with Crippen LogP contribution >= 0.6 is 0 Å². The molecule has 0 bridgehead atoms. The first-order chi connectivity index (χ1) is 12.6. The summed E-state index contributed by atoms with van der Waals surface area (Å²) in [6, 6.07) is 7.27. The fraction of sp³-hybridized carbons (Fsp3) is 0.600. The molecule has 1 saturated carbocycles. The number of rotatable bonds is 7. The average Bonchev–Trinajstić information content (AvgIpc) is 2.65. The second kappa shape index (κ2) is 10.2. The number of anilines is 1. The summed E-state index contributed by atoms with van der Waals surface area (Å²) in [6.07, 6.45) is 4.98. The number of urea groups is 1. The molecule has 3 N–H and O–H groups in total. The molecule has 1 aliphatic rings. The summed E-state index contributed by atoms with van der Waals surface area (Å²) < 4.78 is 0. The van der Waals surface area contributed by atoms with E-state index in [1.165, 1.54) is 0 Å². The third kappa shape index (κ3) is 5.46. The lowest BCUT2D eigenvalue weighted by Crippen LogP contribution is -2.50. The van der Waals surface area contributed by atoms with E-state index in [4.69, 9.17) is 0 Å². The van der Waals surface area contributed by atoms with Gasteiger partial charge in [0, 0.05) is 25.7 Å². The van der Waals surface area contributed by atoms with Gasteiger partial charge in [0.05, 0.1) is 12.1 Å². The Labute approximate surface area is 156 Å². The predicted octanol–water partition coefficient (Wildman–Crippen LogP) is 2.91. The number of carbonyl (C=O) groups is 2. The van der Waals surface area contributed by atoms with E-state index >= 15 is 0 Å². The van der Waals surface area contributed by atoms with Crippen LogP contribution in [0.25, 0.3) is 0 Å². The number of carbonyl (C=O) groups excluding carboxylic acids is 2. The summed E-state index contributed by atoms with van der Waals surface area (Å²) in [7, 11) is 1.62. The van der Waals surface area contributed by atoms with Crippen molar-refractivity contribution in [2.75, 3.05) is 18.9 Å². The monoisotopic (exact) mass is 361 g/mol. The van der Waals surface area contributed by atoms with Gasteiger partial charge in [-0.15, -0.1) is 0 Å². The number of amides is 3. The highest BCUT2D eigenvalue weighted by Gasteiger charge is 2.31. The van der Waals surface area contributed by atoms with Crippen LogP contribution < -0.4 is 10.6 Å². The van der Waals surface area contributed by atoms with Crippen molar-refractivity contribution in [2.45, 2.75) is 64.0 Å². The van der Waals surface area contributed by atoms with Gasteiger partial charge in [0.25, 0.3) is 0 Å². The van der Waals surface area contributed by atoms with Crippen molar-refractivity contribution in [1.82, 2.24) is 10.2 Å². The van der Waals surface area contributed by atoms with Crippen LogP contribution in [0.3, 0.4) is 0 Å². The number of aliphatic hydroxyl groups excluding tert-OH is 1. The van der Waals surface area contributed by atoms with E-state index in [9.17, 15) is 14.7 Å². The van der Waals surface area contributed by atoms with Crippen LogP contribution in [0.5, 0.6) is 0 Å². The highest BCUT2D eigenvalue weighted by Crippen LogP contribution is 2.25. The summed E-state index contributed by atoms with van der Waals surface area (Å²) in [6.45, 7) is 2.65. The Morgan fingerprint density at radius 3 is 2.65 bits per heavy atom. The molecular weight excluding hydrogens is 330 g/mol. The van der Waals surface area contributed by atoms with Gasteiger partial charge in [-0.05, 0) is 37.3 Å². The molecule has 1 fully saturated rings. The molecule has 1 aromatic carbocycles. The van der Waals surface area contributed by atoms with Crippen molar-refractivity contribution in [1.29, 1.82) is 0 Å². The lowest BCUT2D eigenvalue weighted by Gasteiger charge is -2.37. The SMILES string of the molecule is CCCN(C(=O)Nc1ccccc1CCC(=O)NC)[C@@H]1CCCC[C@H]1O. The molecule has 0 spiro atoms. The van der Waals surface area contributed by atoms with E-state index in [1.807, 2.05) is 31.2 Å². The number of aryl methyl sites for hydroxylation is 1. The topological polar surface area (TPSA) is 81.7 Å². The lowest BCUT2D eigenvalue weighted by atomic mass is 9.91. The van der Waals surface area contributed by atoms with E-state index in [0.717, 1.165) is 43.4 Å². The first-order valence-electron chi connectivity index (χ1n) is 9.61. The summed E-state index contributed by atoms with van der Waals surface area (Å²) in [4.78, 5) is 26.2. The van der Waals surface area contributed by atoms with Gasteiger partial charge in [-0.1, -0.05) is 38.0 Å². The summed E-state index contributed by atoms with van der Waals surface area (Å²) in [5.41, 5.74) is 1.66. The zero-order valence-corrected chi connectivity index (χ0v) is 15.8. The second-order valence-corrected chi connectivity index (χ2v) is 6.87. The highest BCUT2D eigenvalue weighted by atomic mass is 16.3. The van der Waals surface area contributed by atoms with Crippen LogP contribution in [0.1, 0.15) is 51.0 Å². The molecule has 6 heteroatoms.